The average Bonchev–Trinajstić information content (AvgIpc) is 1.85. The van der Waals surface area contributed by atoms with Gasteiger partial charge in [-0.05, 0) is 19.3 Å². The zero-order chi connectivity index (χ0) is 7.03. The molecule has 2 aliphatic rings. The monoisotopic (exact) mass is 142 g/mol. The standard InChI is InChI=1S/C7H10O3/c8-6-9-5-4-7(10-6)2-1-3-7/h1-5H2. The quantitative estimate of drug-likeness (QED) is 0.480. The van der Waals surface area contributed by atoms with Gasteiger partial charge in [-0.3, -0.25) is 0 Å². The van der Waals surface area contributed by atoms with Gasteiger partial charge in [-0.2, -0.15) is 0 Å². The first kappa shape index (κ1) is 6.01. The highest BCUT2D eigenvalue weighted by Crippen LogP contribution is 2.40. The van der Waals surface area contributed by atoms with Crippen molar-refractivity contribution < 1.29 is 14.3 Å². The number of carbonyl (C=O) groups is 1. The zero-order valence-corrected chi connectivity index (χ0v) is 5.76. The highest BCUT2D eigenvalue weighted by atomic mass is 16.7. The Labute approximate surface area is 59.3 Å². The molecule has 1 spiro atoms. The molecule has 0 radical (unpaired) electrons. The Morgan fingerprint density at radius 1 is 1.30 bits per heavy atom. The summed E-state index contributed by atoms with van der Waals surface area (Å²) in [6.45, 7) is 0.541. The van der Waals surface area contributed by atoms with Gasteiger partial charge in [0.2, 0.25) is 0 Å². The molecule has 10 heavy (non-hydrogen) atoms. The van der Waals surface area contributed by atoms with Crippen LogP contribution < -0.4 is 0 Å². The van der Waals surface area contributed by atoms with E-state index in [1.165, 1.54) is 6.42 Å². The summed E-state index contributed by atoms with van der Waals surface area (Å²) < 4.78 is 9.70. The van der Waals surface area contributed by atoms with Crippen LogP contribution >= 0.6 is 0 Å². The van der Waals surface area contributed by atoms with Crippen molar-refractivity contribution in [1.82, 2.24) is 0 Å². The minimum atomic E-state index is -0.481. The highest BCUT2D eigenvalue weighted by molar-refractivity contribution is 5.61. The molecule has 0 aromatic heterocycles. The molecular weight excluding hydrogens is 132 g/mol. The van der Waals surface area contributed by atoms with Gasteiger partial charge in [-0.1, -0.05) is 0 Å². The van der Waals surface area contributed by atoms with Gasteiger partial charge in [0.1, 0.15) is 5.60 Å². The summed E-state index contributed by atoms with van der Waals surface area (Å²) in [6.07, 6.45) is 3.65. The van der Waals surface area contributed by atoms with Gasteiger partial charge in [0.15, 0.2) is 0 Å². The Morgan fingerprint density at radius 2 is 2.10 bits per heavy atom. The Morgan fingerprint density at radius 3 is 2.50 bits per heavy atom. The van der Waals surface area contributed by atoms with E-state index in [4.69, 9.17) is 4.74 Å². The Bertz CT molecular complexity index is 160. The smallest absolute Gasteiger partial charge is 0.434 e. The van der Waals surface area contributed by atoms with Gasteiger partial charge in [-0.25, -0.2) is 4.79 Å². The summed E-state index contributed by atoms with van der Waals surface area (Å²) in [5.74, 6) is 0. The van der Waals surface area contributed by atoms with Gasteiger partial charge in [0.25, 0.3) is 0 Å². The van der Waals surface area contributed by atoms with Crippen molar-refractivity contribution in [2.75, 3.05) is 6.61 Å². The summed E-state index contributed by atoms with van der Waals surface area (Å²) in [6, 6.07) is 0. The Kier molecular flexibility index (Phi) is 1.13. The van der Waals surface area contributed by atoms with Crippen LogP contribution in [0.5, 0.6) is 0 Å². The maximum Gasteiger partial charge on any atom is 0.508 e. The molecule has 56 valence electrons. The molecule has 0 aromatic rings. The predicted molar refractivity (Wildman–Crippen MR) is 33.6 cm³/mol. The molecule has 2 fully saturated rings. The molecule has 1 aliphatic heterocycles. The van der Waals surface area contributed by atoms with E-state index in [1.54, 1.807) is 0 Å². The molecule has 1 saturated heterocycles. The van der Waals surface area contributed by atoms with E-state index in [9.17, 15) is 4.79 Å². The van der Waals surface area contributed by atoms with Crippen molar-refractivity contribution in [3.05, 3.63) is 0 Å². The number of carbonyl (C=O) groups excluding carboxylic acids is 1. The predicted octanol–water partition coefficient (Wildman–Crippen LogP) is 1.47. The maximum absolute atomic E-state index is 10.6. The van der Waals surface area contributed by atoms with Crippen LogP contribution in [0.25, 0.3) is 0 Å². The van der Waals surface area contributed by atoms with E-state index in [2.05, 4.69) is 4.74 Å². The number of cyclic esters (lactones) is 1. The molecule has 3 nitrogen and oxygen atoms in total. The number of hydrogen-bond donors (Lipinski definition) is 0. The third kappa shape index (κ3) is 0.770. The second-order valence-electron chi connectivity index (χ2n) is 2.99. The first-order valence-corrected chi connectivity index (χ1v) is 3.67. The van der Waals surface area contributed by atoms with Crippen molar-refractivity contribution >= 4 is 6.16 Å². The van der Waals surface area contributed by atoms with Crippen LogP contribution in [-0.4, -0.2) is 18.4 Å². The molecule has 0 amide bonds. The fourth-order valence-corrected chi connectivity index (χ4v) is 1.50. The third-order valence-electron chi connectivity index (χ3n) is 2.34. The average molecular weight is 142 g/mol. The van der Waals surface area contributed by atoms with Crippen LogP contribution in [0.15, 0.2) is 0 Å². The van der Waals surface area contributed by atoms with Crippen molar-refractivity contribution in [2.45, 2.75) is 31.3 Å². The molecule has 1 aliphatic carbocycles. The van der Waals surface area contributed by atoms with Crippen molar-refractivity contribution in [2.24, 2.45) is 0 Å². The zero-order valence-electron chi connectivity index (χ0n) is 5.76. The second kappa shape index (κ2) is 1.87. The van der Waals surface area contributed by atoms with Gasteiger partial charge in [-0.15, -0.1) is 0 Å². The summed E-state index contributed by atoms with van der Waals surface area (Å²) in [7, 11) is 0. The largest absolute Gasteiger partial charge is 0.508 e. The van der Waals surface area contributed by atoms with E-state index < -0.39 is 6.16 Å². The summed E-state index contributed by atoms with van der Waals surface area (Å²) in [5.41, 5.74) is -0.102. The van der Waals surface area contributed by atoms with Gasteiger partial charge in [0, 0.05) is 6.42 Å². The molecule has 1 saturated carbocycles. The minimum Gasteiger partial charge on any atom is -0.434 e. The number of ether oxygens (including phenoxy) is 2. The van der Waals surface area contributed by atoms with Gasteiger partial charge >= 0.3 is 6.16 Å². The molecule has 3 heteroatoms. The molecule has 1 heterocycles. The third-order valence-corrected chi connectivity index (χ3v) is 2.34. The van der Waals surface area contributed by atoms with Gasteiger partial charge in [0.05, 0.1) is 6.61 Å². The molecular formula is C7H10O3. The molecule has 2 rings (SSSR count). The number of hydrogen-bond acceptors (Lipinski definition) is 3. The lowest BCUT2D eigenvalue weighted by molar-refractivity contribution is -0.123. The second-order valence-corrected chi connectivity index (χ2v) is 2.99. The lowest BCUT2D eigenvalue weighted by Gasteiger charge is -2.42. The highest BCUT2D eigenvalue weighted by Gasteiger charge is 2.43. The van der Waals surface area contributed by atoms with E-state index >= 15 is 0 Å². The molecule has 0 atom stereocenters. The molecule has 0 unspecified atom stereocenters. The summed E-state index contributed by atoms with van der Waals surface area (Å²) in [5, 5.41) is 0. The fraction of sp³-hybridized carbons (Fsp3) is 0.857. The van der Waals surface area contributed by atoms with Crippen LogP contribution in [0.1, 0.15) is 25.7 Å². The fourth-order valence-electron chi connectivity index (χ4n) is 1.50. The Hall–Kier alpha value is -0.730. The van der Waals surface area contributed by atoms with E-state index in [0.717, 1.165) is 19.3 Å². The Balaban J connectivity index is 2.02. The van der Waals surface area contributed by atoms with Crippen molar-refractivity contribution in [3.63, 3.8) is 0 Å². The molecule has 0 N–H and O–H groups in total. The van der Waals surface area contributed by atoms with E-state index in [1.807, 2.05) is 0 Å². The first-order valence-electron chi connectivity index (χ1n) is 3.67. The SMILES string of the molecule is O=C1OCCC2(CCC2)O1. The molecule has 0 bridgehead atoms. The van der Waals surface area contributed by atoms with Crippen LogP contribution in [0, 0.1) is 0 Å². The summed E-state index contributed by atoms with van der Waals surface area (Å²) in [4.78, 5) is 10.6. The van der Waals surface area contributed by atoms with Crippen LogP contribution in [-0.2, 0) is 9.47 Å². The first-order chi connectivity index (χ1) is 4.81. The maximum atomic E-state index is 10.6. The van der Waals surface area contributed by atoms with E-state index in [-0.39, 0.29) is 5.60 Å². The van der Waals surface area contributed by atoms with Crippen LogP contribution in [0.4, 0.5) is 4.79 Å². The van der Waals surface area contributed by atoms with E-state index in [0.29, 0.717) is 6.61 Å². The van der Waals surface area contributed by atoms with Crippen molar-refractivity contribution in [1.29, 1.82) is 0 Å². The topological polar surface area (TPSA) is 35.5 Å². The van der Waals surface area contributed by atoms with Gasteiger partial charge < -0.3 is 9.47 Å². The van der Waals surface area contributed by atoms with Crippen molar-refractivity contribution in [3.8, 4) is 0 Å². The minimum absolute atomic E-state index is 0.102. The van der Waals surface area contributed by atoms with Crippen LogP contribution in [0.2, 0.25) is 0 Å². The summed E-state index contributed by atoms with van der Waals surface area (Å²) >= 11 is 0. The molecule has 0 aromatic carbocycles. The lowest BCUT2D eigenvalue weighted by atomic mass is 9.77. The lowest BCUT2D eigenvalue weighted by Crippen LogP contribution is -2.46. The van der Waals surface area contributed by atoms with Crippen LogP contribution in [0.3, 0.4) is 0 Å². The normalized spacial score (nSPS) is 28.6. The number of rotatable bonds is 0.